The lowest BCUT2D eigenvalue weighted by atomic mass is 9.99. The summed E-state index contributed by atoms with van der Waals surface area (Å²) >= 11 is 5.05. The number of hydrogen-bond donors (Lipinski definition) is 0. The zero-order valence-corrected chi connectivity index (χ0v) is 8.82. The molecule has 2 nitrogen and oxygen atoms in total. The third-order valence-corrected chi connectivity index (χ3v) is 2.13. The molecule has 0 unspecified atom stereocenters. The molecule has 0 saturated heterocycles. The third kappa shape index (κ3) is 2.41. The van der Waals surface area contributed by atoms with Crippen LogP contribution < -0.4 is 0 Å². The molecule has 0 spiro atoms. The van der Waals surface area contributed by atoms with Crippen molar-refractivity contribution in [2.45, 2.75) is 13.1 Å². The van der Waals surface area contributed by atoms with Gasteiger partial charge in [-0.3, -0.25) is 9.59 Å². The van der Waals surface area contributed by atoms with Gasteiger partial charge in [-0.1, -0.05) is 0 Å². The molecular weight excluding hydrogens is 245 g/mol. The van der Waals surface area contributed by atoms with Crippen LogP contribution in [-0.4, -0.2) is 11.5 Å². The molecule has 0 saturated carbocycles. The number of halogens is 4. The fourth-order valence-electron chi connectivity index (χ4n) is 1.35. The minimum atomic E-state index is -4.72. The smallest absolute Gasteiger partial charge is 0.298 e. The van der Waals surface area contributed by atoms with Crippen molar-refractivity contribution in [1.29, 1.82) is 0 Å². The first-order valence-electron chi connectivity index (χ1n) is 4.14. The summed E-state index contributed by atoms with van der Waals surface area (Å²) in [5.41, 5.74) is -2.10. The molecule has 0 atom stereocenters. The molecule has 1 rings (SSSR count). The lowest BCUT2D eigenvalue weighted by molar-refractivity contribution is -0.137. The molecule has 86 valence electrons. The van der Waals surface area contributed by atoms with E-state index in [2.05, 4.69) is 0 Å². The van der Waals surface area contributed by atoms with E-state index in [1.54, 1.807) is 0 Å². The molecule has 0 heterocycles. The van der Waals surface area contributed by atoms with E-state index in [1.807, 2.05) is 0 Å². The van der Waals surface area contributed by atoms with E-state index in [0.717, 1.165) is 6.07 Å². The van der Waals surface area contributed by atoms with Crippen molar-refractivity contribution in [3.63, 3.8) is 0 Å². The van der Waals surface area contributed by atoms with Gasteiger partial charge in [0.1, 0.15) is 0 Å². The fraction of sp³-hybridized carbons (Fsp3) is 0.200. The van der Waals surface area contributed by atoms with Gasteiger partial charge in [0.15, 0.2) is 6.29 Å². The summed E-state index contributed by atoms with van der Waals surface area (Å²) in [4.78, 5) is 21.5. The molecule has 0 aliphatic rings. The van der Waals surface area contributed by atoms with Crippen LogP contribution in [0.15, 0.2) is 12.1 Å². The molecule has 0 aliphatic heterocycles. The van der Waals surface area contributed by atoms with Crippen molar-refractivity contribution in [3.05, 3.63) is 34.4 Å². The standard InChI is InChI=1S/C10H6ClF3O2/c1-5-2-6(4-15)8(9(11)16)7(3-5)10(12,13)14/h2-4H,1H3. The number of rotatable bonds is 2. The van der Waals surface area contributed by atoms with Crippen LogP contribution in [0.3, 0.4) is 0 Å². The number of carbonyl (C=O) groups is 2. The maximum absolute atomic E-state index is 12.6. The lowest BCUT2D eigenvalue weighted by Crippen LogP contribution is -2.13. The van der Waals surface area contributed by atoms with Gasteiger partial charge in [-0.05, 0) is 36.2 Å². The van der Waals surface area contributed by atoms with Gasteiger partial charge in [-0.15, -0.1) is 0 Å². The Morgan fingerprint density at radius 3 is 2.31 bits per heavy atom. The second-order valence-corrected chi connectivity index (χ2v) is 3.51. The van der Waals surface area contributed by atoms with E-state index in [0.29, 0.717) is 0 Å². The monoisotopic (exact) mass is 250 g/mol. The van der Waals surface area contributed by atoms with E-state index in [-0.39, 0.29) is 17.4 Å². The van der Waals surface area contributed by atoms with Crippen LogP contribution in [0.1, 0.15) is 31.8 Å². The first-order valence-corrected chi connectivity index (χ1v) is 4.52. The van der Waals surface area contributed by atoms with Crippen LogP contribution in [-0.2, 0) is 6.18 Å². The van der Waals surface area contributed by atoms with Crippen molar-refractivity contribution in [2.24, 2.45) is 0 Å². The van der Waals surface area contributed by atoms with Crippen LogP contribution >= 0.6 is 11.6 Å². The number of benzene rings is 1. The molecule has 6 heteroatoms. The highest BCUT2D eigenvalue weighted by atomic mass is 35.5. The van der Waals surface area contributed by atoms with Gasteiger partial charge in [-0.25, -0.2) is 0 Å². The van der Waals surface area contributed by atoms with Gasteiger partial charge in [-0.2, -0.15) is 13.2 Å². The predicted molar refractivity (Wildman–Crippen MR) is 51.8 cm³/mol. The Morgan fingerprint density at radius 2 is 1.94 bits per heavy atom. The summed E-state index contributed by atoms with van der Waals surface area (Å²) < 4.78 is 37.7. The largest absolute Gasteiger partial charge is 0.417 e. The fourth-order valence-corrected chi connectivity index (χ4v) is 1.56. The maximum Gasteiger partial charge on any atom is 0.417 e. The molecule has 0 bridgehead atoms. The average molecular weight is 251 g/mol. The SMILES string of the molecule is Cc1cc(C=O)c(C(=O)Cl)c(C(F)(F)F)c1. The van der Waals surface area contributed by atoms with Gasteiger partial charge in [0.25, 0.3) is 5.24 Å². The summed E-state index contributed by atoms with van der Waals surface area (Å²) in [5.74, 6) is 0. The molecule has 0 amide bonds. The Labute approximate surface area is 94.0 Å². The van der Waals surface area contributed by atoms with Crippen molar-refractivity contribution in [1.82, 2.24) is 0 Å². The van der Waals surface area contributed by atoms with E-state index in [9.17, 15) is 22.8 Å². The summed E-state index contributed by atoms with van der Waals surface area (Å²) in [5, 5.41) is -1.30. The van der Waals surface area contributed by atoms with Crippen LogP contribution in [0, 0.1) is 6.92 Å². The topological polar surface area (TPSA) is 34.1 Å². The number of aldehydes is 1. The van der Waals surface area contributed by atoms with Crippen LogP contribution in [0.2, 0.25) is 0 Å². The van der Waals surface area contributed by atoms with Crippen LogP contribution in [0.5, 0.6) is 0 Å². The molecule has 0 aliphatic carbocycles. The maximum atomic E-state index is 12.6. The van der Waals surface area contributed by atoms with Gasteiger partial charge in [0.05, 0.1) is 11.1 Å². The minimum absolute atomic E-state index is 0.178. The minimum Gasteiger partial charge on any atom is -0.298 e. The highest BCUT2D eigenvalue weighted by Crippen LogP contribution is 2.34. The Hall–Kier alpha value is -1.36. The van der Waals surface area contributed by atoms with E-state index >= 15 is 0 Å². The van der Waals surface area contributed by atoms with Crippen LogP contribution in [0.4, 0.5) is 13.2 Å². The predicted octanol–water partition coefficient (Wildman–Crippen LogP) is 3.21. The summed E-state index contributed by atoms with van der Waals surface area (Å²) in [6.07, 6.45) is -4.54. The highest BCUT2D eigenvalue weighted by Gasteiger charge is 2.36. The highest BCUT2D eigenvalue weighted by molar-refractivity contribution is 6.68. The average Bonchev–Trinajstić information content (AvgIpc) is 2.14. The molecule has 0 N–H and O–H groups in total. The zero-order chi connectivity index (χ0) is 12.5. The van der Waals surface area contributed by atoms with Gasteiger partial charge in [0, 0.05) is 5.56 Å². The molecule has 0 radical (unpaired) electrons. The Balaban J connectivity index is 3.64. The van der Waals surface area contributed by atoms with E-state index in [4.69, 9.17) is 11.6 Å². The molecule has 1 aromatic rings. The number of carbonyl (C=O) groups excluding carboxylic acids is 2. The van der Waals surface area contributed by atoms with E-state index < -0.39 is 22.5 Å². The molecule has 0 fully saturated rings. The van der Waals surface area contributed by atoms with E-state index in [1.165, 1.54) is 13.0 Å². The van der Waals surface area contributed by atoms with Crippen LogP contribution in [0.25, 0.3) is 0 Å². The molecule has 0 aromatic heterocycles. The molecule has 1 aromatic carbocycles. The number of aryl methyl sites for hydroxylation is 1. The van der Waals surface area contributed by atoms with Crippen molar-refractivity contribution in [3.8, 4) is 0 Å². The summed E-state index contributed by atoms with van der Waals surface area (Å²) in [7, 11) is 0. The Morgan fingerprint density at radius 1 is 1.38 bits per heavy atom. The Kier molecular flexibility index (Phi) is 3.38. The van der Waals surface area contributed by atoms with Crippen molar-refractivity contribution < 1.29 is 22.8 Å². The number of alkyl halides is 3. The number of hydrogen-bond acceptors (Lipinski definition) is 2. The van der Waals surface area contributed by atoms with Gasteiger partial charge in [0.2, 0.25) is 0 Å². The summed E-state index contributed by atoms with van der Waals surface area (Å²) in [6.45, 7) is 1.39. The van der Waals surface area contributed by atoms with Crippen molar-refractivity contribution in [2.75, 3.05) is 0 Å². The van der Waals surface area contributed by atoms with Gasteiger partial charge < -0.3 is 0 Å². The molecule has 16 heavy (non-hydrogen) atoms. The van der Waals surface area contributed by atoms with Gasteiger partial charge >= 0.3 is 6.18 Å². The molecular formula is C10H6ClF3O2. The second-order valence-electron chi connectivity index (χ2n) is 3.17. The zero-order valence-electron chi connectivity index (χ0n) is 8.06. The second kappa shape index (κ2) is 4.25. The first-order chi connectivity index (χ1) is 7.27. The first kappa shape index (κ1) is 12.7. The lowest BCUT2D eigenvalue weighted by Gasteiger charge is -2.12. The van der Waals surface area contributed by atoms with Crippen molar-refractivity contribution >= 4 is 23.1 Å². The Bertz CT molecular complexity index is 452. The third-order valence-electron chi connectivity index (χ3n) is 1.94. The normalized spacial score (nSPS) is 11.3. The summed E-state index contributed by atoms with van der Waals surface area (Å²) in [6, 6.07) is 1.96. The quantitative estimate of drug-likeness (QED) is 0.597.